The van der Waals surface area contributed by atoms with Gasteiger partial charge in [0.05, 0.1) is 17.9 Å². The molecule has 27 heavy (non-hydrogen) atoms. The van der Waals surface area contributed by atoms with Crippen LogP contribution < -0.4 is 10.6 Å². The molecule has 1 heterocycles. The number of aromatic nitrogens is 2. The van der Waals surface area contributed by atoms with E-state index in [0.29, 0.717) is 12.4 Å². The molecule has 0 saturated carbocycles. The molecule has 0 saturated heterocycles. The maximum absolute atomic E-state index is 13.8. The van der Waals surface area contributed by atoms with Crippen LogP contribution in [0.25, 0.3) is 0 Å². The summed E-state index contributed by atoms with van der Waals surface area (Å²) in [5.74, 6) is -0.905. The first-order valence-electron chi connectivity index (χ1n) is 8.39. The summed E-state index contributed by atoms with van der Waals surface area (Å²) in [7, 11) is 0. The van der Waals surface area contributed by atoms with Crippen molar-refractivity contribution in [3.8, 4) is 0 Å². The third kappa shape index (κ3) is 4.58. The second kappa shape index (κ2) is 7.82. The zero-order valence-corrected chi connectivity index (χ0v) is 15.0. The van der Waals surface area contributed by atoms with Gasteiger partial charge in [0.2, 0.25) is 5.91 Å². The van der Waals surface area contributed by atoms with Crippen molar-refractivity contribution >= 4 is 23.3 Å². The van der Waals surface area contributed by atoms with Gasteiger partial charge in [-0.15, -0.1) is 0 Å². The van der Waals surface area contributed by atoms with Crippen molar-refractivity contribution in [1.82, 2.24) is 9.78 Å². The summed E-state index contributed by atoms with van der Waals surface area (Å²) in [6.07, 6.45) is 0. The molecule has 6 nitrogen and oxygen atoms in total. The smallest absolute Gasteiger partial charge is 0.256 e. The second-order valence-electron chi connectivity index (χ2n) is 6.14. The quantitative estimate of drug-likeness (QED) is 0.724. The van der Waals surface area contributed by atoms with Crippen molar-refractivity contribution < 1.29 is 14.0 Å². The van der Waals surface area contributed by atoms with E-state index in [1.54, 1.807) is 10.7 Å². The molecule has 0 spiro atoms. The van der Waals surface area contributed by atoms with E-state index in [9.17, 15) is 14.0 Å². The molecule has 3 aromatic rings. The topological polar surface area (TPSA) is 76.0 Å². The minimum absolute atomic E-state index is 0.0378. The summed E-state index contributed by atoms with van der Waals surface area (Å²) < 4.78 is 15.5. The van der Waals surface area contributed by atoms with E-state index in [-0.39, 0.29) is 11.3 Å². The highest BCUT2D eigenvalue weighted by atomic mass is 19.1. The van der Waals surface area contributed by atoms with Crippen molar-refractivity contribution in [3.05, 3.63) is 77.2 Å². The van der Waals surface area contributed by atoms with E-state index >= 15 is 0 Å². The monoisotopic (exact) mass is 366 g/mol. The molecular formula is C20H19FN4O2. The summed E-state index contributed by atoms with van der Waals surface area (Å²) in [5, 5.41) is 9.57. The van der Waals surface area contributed by atoms with Crippen molar-refractivity contribution in [3.63, 3.8) is 0 Å². The molecule has 2 amide bonds. The van der Waals surface area contributed by atoms with Crippen LogP contribution >= 0.6 is 0 Å². The average molecular weight is 366 g/mol. The summed E-state index contributed by atoms with van der Waals surface area (Å²) in [4.78, 5) is 23.8. The van der Waals surface area contributed by atoms with E-state index in [0.717, 1.165) is 17.3 Å². The number of rotatable bonds is 5. The Morgan fingerprint density at radius 3 is 2.52 bits per heavy atom. The third-order valence-electron chi connectivity index (χ3n) is 3.86. The number of nitrogens with zero attached hydrogens (tertiary/aromatic N) is 2. The fourth-order valence-electron chi connectivity index (χ4n) is 2.66. The van der Waals surface area contributed by atoms with Crippen molar-refractivity contribution in [2.45, 2.75) is 20.4 Å². The number of amides is 2. The Morgan fingerprint density at radius 1 is 1.07 bits per heavy atom. The Bertz CT molecular complexity index is 983. The molecule has 0 aliphatic carbocycles. The number of carbonyl (C=O) groups excluding carboxylic acids is 2. The highest BCUT2D eigenvalue weighted by Crippen LogP contribution is 2.19. The zero-order chi connectivity index (χ0) is 19.4. The van der Waals surface area contributed by atoms with Gasteiger partial charge < -0.3 is 10.6 Å². The van der Waals surface area contributed by atoms with Crippen LogP contribution in [0, 0.1) is 12.7 Å². The number of carbonyl (C=O) groups is 2. The molecule has 7 heteroatoms. The molecule has 3 rings (SSSR count). The predicted octanol–water partition coefficient (Wildman–Crippen LogP) is 3.59. The first kappa shape index (κ1) is 18.3. The molecule has 0 aliphatic heterocycles. The molecule has 2 N–H and O–H groups in total. The average Bonchev–Trinajstić information content (AvgIpc) is 2.96. The standard InChI is InChI=1S/C20H19FN4O2/c1-13-10-19(25(24-13)12-15-6-4-3-5-7-15)23-20(27)16-8-9-17(21)18(11-16)22-14(2)26/h3-11H,12H2,1-2H3,(H,22,26)(H,23,27). The van der Waals surface area contributed by atoms with Gasteiger partial charge >= 0.3 is 0 Å². The van der Waals surface area contributed by atoms with Gasteiger partial charge in [-0.25, -0.2) is 9.07 Å². The third-order valence-corrected chi connectivity index (χ3v) is 3.86. The Kier molecular flexibility index (Phi) is 5.30. The van der Waals surface area contributed by atoms with Crippen LogP contribution in [0.2, 0.25) is 0 Å². The van der Waals surface area contributed by atoms with E-state index in [4.69, 9.17) is 0 Å². The molecule has 1 aromatic heterocycles. The van der Waals surface area contributed by atoms with Crippen LogP contribution in [0.15, 0.2) is 54.6 Å². The number of halogens is 1. The van der Waals surface area contributed by atoms with E-state index in [1.165, 1.54) is 19.1 Å². The largest absolute Gasteiger partial charge is 0.324 e. The first-order chi connectivity index (χ1) is 12.9. The molecule has 0 aliphatic rings. The van der Waals surface area contributed by atoms with Gasteiger partial charge in [-0.1, -0.05) is 30.3 Å². The summed E-state index contributed by atoms with van der Waals surface area (Å²) in [5.41, 5.74) is 2.00. The van der Waals surface area contributed by atoms with E-state index < -0.39 is 17.6 Å². The first-order valence-corrected chi connectivity index (χ1v) is 8.39. The Hall–Kier alpha value is -3.48. The number of hydrogen-bond acceptors (Lipinski definition) is 3. The predicted molar refractivity (Wildman–Crippen MR) is 101 cm³/mol. The van der Waals surface area contributed by atoms with Crippen LogP contribution in [0.5, 0.6) is 0 Å². The van der Waals surface area contributed by atoms with Gasteiger partial charge in [0.1, 0.15) is 11.6 Å². The highest BCUT2D eigenvalue weighted by Gasteiger charge is 2.14. The molecule has 0 fully saturated rings. The lowest BCUT2D eigenvalue weighted by molar-refractivity contribution is -0.114. The van der Waals surface area contributed by atoms with Gasteiger partial charge in [0.15, 0.2) is 0 Å². The Balaban J connectivity index is 1.81. The SMILES string of the molecule is CC(=O)Nc1cc(C(=O)Nc2cc(C)nn2Cc2ccccc2)ccc1F. The molecule has 0 bridgehead atoms. The minimum Gasteiger partial charge on any atom is -0.324 e. The molecule has 138 valence electrons. The van der Waals surface area contributed by atoms with Gasteiger partial charge in [0, 0.05) is 18.6 Å². The van der Waals surface area contributed by atoms with Crippen LogP contribution in [0.1, 0.15) is 28.5 Å². The number of benzene rings is 2. The highest BCUT2D eigenvalue weighted by molar-refractivity contribution is 6.05. The van der Waals surface area contributed by atoms with Crippen LogP contribution in [-0.4, -0.2) is 21.6 Å². The Morgan fingerprint density at radius 2 is 1.81 bits per heavy atom. The molecule has 0 atom stereocenters. The van der Waals surface area contributed by atoms with Crippen LogP contribution in [0.3, 0.4) is 0 Å². The summed E-state index contributed by atoms with van der Waals surface area (Å²) in [6, 6.07) is 15.3. The molecule has 0 unspecified atom stereocenters. The number of nitrogens with one attached hydrogen (secondary N) is 2. The van der Waals surface area contributed by atoms with Crippen LogP contribution in [-0.2, 0) is 11.3 Å². The number of aryl methyl sites for hydroxylation is 1. The molecular weight excluding hydrogens is 347 g/mol. The van der Waals surface area contributed by atoms with Gasteiger partial charge in [0.25, 0.3) is 5.91 Å². The summed E-state index contributed by atoms with van der Waals surface area (Å²) >= 11 is 0. The van der Waals surface area contributed by atoms with Crippen molar-refractivity contribution in [1.29, 1.82) is 0 Å². The minimum atomic E-state index is -0.605. The van der Waals surface area contributed by atoms with Gasteiger partial charge in [-0.2, -0.15) is 5.10 Å². The Labute approximate surface area is 156 Å². The lowest BCUT2D eigenvalue weighted by atomic mass is 10.1. The number of anilines is 2. The van der Waals surface area contributed by atoms with Crippen molar-refractivity contribution in [2.75, 3.05) is 10.6 Å². The number of hydrogen-bond donors (Lipinski definition) is 2. The molecule has 0 radical (unpaired) electrons. The van der Waals surface area contributed by atoms with E-state index in [1.807, 2.05) is 37.3 Å². The maximum Gasteiger partial charge on any atom is 0.256 e. The van der Waals surface area contributed by atoms with Gasteiger partial charge in [-0.3, -0.25) is 9.59 Å². The fraction of sp³-hybridized carbons (Fsp3) is 0.150. The normalized spacial score (nSPS) is 10.5. The van der Waals surface area contributed by atoms with E-state index in [2.05, 4.69) is 15.7 Å². The second-order valence-corrected chi connectivity index (χ2v) is 6.14. The summed E-state index contributed by atoms with van der Waals surface area (Å²) in [6.45, 7) is 3.62. The zero-order valence-electron chi connectivity index (χ0n) is 15.0. The van der Waals surface area contributed by atoms with Gasteiger partial charge in [-0.05, 0) is 30.7 Å². The van der Waals surface area contributed by atoms with Crippen LogP contribution in [0.4, 0.5) is 15.9 Å². The molecule has 2 aromatic carbocycles. The maximum atomic E-state index is 13.8. The lowest BCUT2D eigenvalue weighted by Gasteiger charge is -2.10. The fourth-order valence-corrected chi connectivity index (χ4v) is 2.66. The van der Waals surface area contributed by atoms with Crippen molar-refractivity contribution in [2.24, 2.45) is 0 Å². The lowest BCUT2D eigenvalue weighted by Crippen LogP contribution is -2.17.